The molecule has 0 bridgehead atoms. The molecule has 1 aromatic carbocycles. The summed E-state index contributed by atoms with van der Waals surface area (Å²) in [7, 11) is 0. The highest BCUT2D eigenvalue weighted by atomic mass is 35.5. The van der Waals surface area contributed by atoms with Gasteiger partial charge in [-0.1, -0.05) is 30.1 Å². The Labute approximate surface area is 152 Å². The van der Waals surface area contributed by atoms with Crippen molar-refractivity contribution in [3.8, 4) is 0 Å². The van der Waals surface area contributed by atoms with Crippen LogP contribution in [0.5, 0.6) is 0 Å². The summed E-state index contributed by atoms with van der Waals surface area (Å²) in [6.45, 7) is 1.88. The van der Waals surface area contributed by atoms with Crippen molar-refractivity contribution in [3.63, 3.8) is 0 Å². The van der Waals surface area contributed by atoms with Crippen LogP contribution in [0.15, 0.2) is 36.5 Å². The molecule has 9 heteroatoms. The van der Waals surface area contributed by atoms with Crippen LogP contribution in [0.3, 0.4) is 0 Å². The summed E-state index contributed by atoms with van der Waals surface area (Å²) in [4.78, 5) is 27.5. The van der Waals surface area contributed by atoms with Crippen molar-refractivity contribution in [1.29, 1.82) is 0 Å². The number of nitrogens with one attached hydrogen (secondary N) is 1. The van der Waals surface area contributed by atoms with Crippen molar-refractivity contribution in [2.45, 2.75) is 13.3 Å². The standard InChI is InChI=1S/C16H12Cl2N4O3/c1-2-12-15(21-6-5-9(17)7-14(21)20-12)16(23)19-10-3-4-11(18)13(8-10)22(24)25/h3-8H,2H2,1H3,(H,19,23). The zero-order valence-electron chi connectivity index (χ0n) is 13.0. The summed E-state index contributed by atoms with van der Waals surface area (Å²) in [6.07, 6.45) is 2.20. The molecular weight excluding hydrogens is 367 g/mol. The Morgan fingerprint density at radius 2 is 2.08 bits per heavy atom. The van der Waals surface area contributed by atoms with Gasteiger partial charge in [0.15, 0.2) is 0 Å². The number of nitro groups is 1. The molecule has 2 aromatic heterocycles. The number of pyridine rings is 1. The van der Waals surface area contributed by atoms with Crippen LogP contribution in [-0.4, -0.2) is 20.2 Å². The van der Waals surface area contributed by atoms with Crippen molar-refractivity contribution in [2.75, 3.05) is 5.32 Å². The Morgan fingerprint density at radius 1 is 1.32 bits per heavy atom. The van der Waals surface area contributed by atoms with E-state index < -0.39 is 10.8 Å². The van der Waals surface area contributed by atoms with E-state index >= 15 is 0 Å². The van der Waals surface area contributed by atoms with E-state index in [1.165, 1.54) is 18.2 Å². The monoisotopic (exact) mass is 378 g/mol. The molecule has 0 unspecified atom stereocenters. The molecule has 0 atom stereocenters. The Kier molecular flexibility index (Phi) is 4.61. The van der Waals surface area contributed by atoms with Crippen LogP contribution in [0.4, 0.5) is 11.4 Å². The highest BCUT2D eigenvalue weighted by Crippen LogP contribution is 2.28. The number of nitrogens with zero attached hydrogens (tertiary/aromatic N) is 3. The molecule has 7 nitrogen and oxygen atoms in total. The third-order valence-electron chi connectivity index (χ3n) is 3.61. The van der Waals surface area contributed by atoms with Gasteiger partial charge >= 0.3 is 0 Å². The van der Waals surface area contributed by atoms with E-state index in [9.17, 15) is 14.9 Å². The number of fused-ring (bicyclic) bond motifs is 1. The number of imidazole rings is 1. The number of amides is 1. The molecular formula is C16H12Cl2N4O3. The minimum atomic E-state index is -0.605. The van der Waals surface area contributed by atoms with Crippen molar-refractivity contribution in [2.24, 2.45) is 0 Å². The third-order valence-corrected chi connectivity index (χ3v) is 4.17. The first kappa shape index (κ1) is 17.2. The molecule has 0 radical (unpaired) electrons. The van der Waals surface area contributed by atoms with Crippen LogP contribution in [0.2, 0.25) is 10.0 Å². The maximum absolute atomic E-state index is 12.7. The number of hydrogen-bond acceptors (Lipinski definition) is 4. The van der Waals surface area contributed by atoms with Crippen LogP contribution in [0.25, 0.3) is 5.65 Å². The number of rotatable bonds is 4. The van der Waals surface area contributed by atoms with Gasteiger partial charge in [-0.3, -0.25) is 19.3 Å². The fourth-order valence-electron chi connectivity index (χ4n) is 2.48. The molecule has 0 fully saturated rings. The van der Waals surface area contributed by atoms with E-state index in [1.54, 1.807) is 22.7 Å². The first-order valence-electron chi connectivity index (χ1n) is 7.32. The number of nitro benzene ring substituents is 1. The maximum Gasteiger partial charge on any atom is 0.289 e. The van der Waals surface area contributed by atoms with Gasteiger partial charge in [0.25, 0.3) is 11.6 Å². The zero-order valence-corrected chi connectivity index (χ0v) is 14.5. The first-order chi connectivity index (χ1) is 11.9. The van der Waals surface area contributed by atoms with Gasteiger partial charge in [-0.15, -0.1) is 0 Å². The van der Waals surface area contributed by atoms with E-state index in [4.69, 9.17) is 23.2 Å². The van der Waals surface area contributed by atoms with Crippen LogP contribution in [-0.2, 0) is 6.42 Å². The molecule has 25 heavy (non-hydrogen) atoms. The molecule has 2 heterocycles. The van der Waals surface area contributed by atoms with Crippen molar-refractivity contribution < 1.29 is 9.72 Å². The summed E-state index contributed by atoms with van der Waals surface area (Å²) >= 11 is 11.8. The minimum Gasteiger partial charge on any atom is -0.320 e. The maximum atomic E-state index is 12.7. The molecule has 0 saturated heterocycles. The highest BCUT2D eigenvalue weighted by molar-refractivity contribution is 6.32. The van der Waals surface area contributed by atoms with Crippen molar-refractivity contribution in [3.05, 3.63) is 68.1 Å². The van der Waals surface area contributed by atoms with Gasteiger partial charge in [-0.25, -0.2) is 4.98 Å². The van der Waals surface area contributed by atoms with Crippen molar-refractivity contribution >= 4 is 46.1 Å². The Balaban J connectivity index is 2.00. The lowest BCUT2D eigenvalue weighted by atomic mass is 10.2. The molecule has 0 aliphatic carbocycles. The Bertz CT molecular complexity index is 1000. The molecule has 3 rings (SSSR count). The predicted octanol–water partition coefficient (Wildman–Crippen LogP) is 4.36. The predicted molar refractivity (Wildman–Crippen MR) is 95.6 cm³/mol. The summed E-state index contributed by atoms with van der Waals surface area (Å²) in [5.41, 5.74) is 1.50. The number of aromatic nitrogens is 2. The van der Waals surface area contributed by atoms with Gasteiger partial charge < -0.3 is 5.32 Å². The lowest BCUT2D eigenvalue weighted by Gasteiger charge is -2.07. The third kappa shape index (κ3) is 3.29. The molecule has 1 N–H and O–H groups in total. The number of carbonyl (C=O) groups excluding carboxylic acids is 1. The summed E-state index contributed by atoms with van der Waals surface area (Å²) < 4.78 is 1.63. The average Bonchev–Trinajstić information content (AvgIpc) is 2.93. The molecule has 0 spiro atoms. The second kappa shape index (κ2) is 6.70. The van der Waals surface area contributed by atoms with Gasteiger partial charge in [-0.2, -0.15) is 0 Å². The summed E-state index contributed by atoms with van der Waals surface area (Å²) in [5.74, 6) is -0.428. The topological polar surface area (TPSA) is 89.5 Å². The van der Waals surface area contributed by atoms with E-state index in [0.29, 0.717) is 28.5 Å². The smallest absolute Gasteiger partial charge is 0.289 e. The number of aryl methyl sites for hydroxylation is 1. The van der Waals surface area contributed by atoms with Gasteiger partial charge in [-0.05, 0) is 24.6 Å². The van der Waals surface area contributed by atoms with Crippen LogP contribution in [0, 0.1) is 10.1 Å². The fourth-order valence-corrected chi connectivity index (χ4v) is 2.82. The van der Waals surface area contributed by atoms with Gasteiger partial charge in [0.05, 0.1) is 10.6 Å². The molecule has 1 amide bonds. The molecule has 0 saturated carbocycles. The number of halogens is 2. The van der Waals surface area contributed by atoms with Crippen LogP contribution < -0.4 is 5.32 Å². The molecule has 0 aliphatic rings. The van der Waals surface area contributed by atoms with E-state index in [1.807, 2.05) is 6.92 Å². The number of carbonyl (C=O) groups is 1. The Hall–Kier alpha value is -2.64. The highest BCUT2D eigenvalue weighted by Gasteiger charge is 2.20. The Morgan fingerprint density at radius 3 is 2.76 bits per heavy atom. The molecule has 128 valence electrons. The van der Waals surface area contributed by atoms with E-state index in [0.717, 1.165) is 0 Å². The summed E-state index contributed by atoms with van der Waals surface area (Å²) in [5, 5.41) is 14.1. The summed E-state index contributed by atoms with van der Waals surface area (Å²) in [6, 6.07) is 7.39. The van der Waals surface area contributed by atoms with Gasteiger partial charge in [0.1, 0.15) is 16.4 Å². The fraction of sp³-hybridized carbons (Fsp3) is 0.125. The number of benzene rings is 1. The largest absolute Gasteiger partial charge is 0.320 e. The second-order valence-corrected chi connectivity index (χ2v) is 6.05. The molecule has 0 aliphatic heterocycles. The SMILES string of the molecule is CCc1nc2cc(Cl)ccn2c1C(=O)Nc1ccc(Cl)c([N+](=O)[O-])c1. The second-order valence-electron chi connectivity index (χ2n) is 5.21. The normalized spacial score (nSPS) is 10.8. The lowest BCUT2D eigenvalue weighted by molar-refractivity contribution is -0.384. The first-order valence-corrected chi connectivity index (χ1v) is 8.08. The lowest BCUT2D eigenvalue weighted by Crippen LogP contribution is -2.16. The number of hydrogen-bond donors (Lipinski definition) is 1. The van der Waals surface area contributed by atoms with Gasteiger partial charge in [0, 0.05) is 29.0 Å². The van der Waals surface area contributed by atoms with Crippen LogP contribution in [0.1, 0.15) is 23.1 Å². The molecule has 3 aromatic rings. The quantitative estimate of drug-likeness (QED) is 0.539. The number of anilines is 1. The minimum absolute atomic E-state index is 0.00157. The average molecular weight is 379 g/mol. The van der Waals surface area contributed by atoms with Gasteiger partial charge in [0.2, 0.25) is 0 Å². The van der Waals surface area contributed by atoms with Crippen LogP contribution >= 0.6 is 23.2 Å². The van der Waals surface area contributed by atoms with Crippen molar-refractivity contribution in [1.82, 2.24) is 9.38 Å². The van der Waals surface area contributed by atoms with E-state index in [-0.39, 0.29) is 16.4 Å². The van der Waals surface area contributed by atoms with E-state index in [2.05, 4.69) is 10.3 Å². The zero-order chi connectivity index (χ0) is 18.1.